The number of aromatic nitrogens is 1. The van der Waals surface area contributed by atoms with Crippen LogP contribution in [0.25, 0.3) is 0 Å². The molecule has 0 spiro atoms. The number of rotatable bonds is 3. The van der Waals surface area contributed by atoms with Crippen LogP contribution in [0.15, 0.2) is 29.3 Å². The molecule has 130 valence electrons. The maximum atomic E-state index is 4.81. The summed E-state index contributed by atoms with van der Waals surface area (Å²) in [5.74, 6) is 0.993. The second-order valence-corrected chi connectivity index (χ2v) is 7.15. The molecule has 0 aliphatic carbocycles. The predicted octanol–water partition coefficient (Wildman–Crippen LogP) is 3.90. The zero-order chi connectivity index (χ0) is 16.2. The molecule has 2 heterocycles. The molecular weight excluding hydrogens is 431 g/mol. The number of benzene rings is 1. The fraction of sp³-hybridized carbons (Fsp3) is 0.444. The molecular formula is C18H25IN4S. The molecule has 0 saturated heterocycles. The van der Waals surface area contributed by atoms with Crippen LogP contribution in [-0.4, -0.2) is 28.9 Å². The van der Waals surface area contributed by atoms with E-state index in [0.29, 0.717) is 6.54 Å². The summed E-state index contributed by atoms with van der Waals surface area (Å²) in [5.41, 5.74) is 3.99. The number of aryl methyl sites for hydroxylation is 2. The lowest BCUT2D eigenvalue weighted by atomic mass is 10.0. The van der Waals surface area contributed by atoms with Gasteiger partial charge in [-0.05, 0) is 38.3 Å². The van der Waals surface area contributed by atoms with E-state index in [4.69, 9.17) is 4.99 Å². The van der Waals surface area contributed by atoms with E-state index in [9.17, 15) is 0 Å². The number of fused-ring (bicyclic) bond motifs is 1. The van der Waals surface area contributed by atoms with E-state index < -0.39 is 0 Å². The zero-order valence-electron chi connectivity index (χ0n) is 14.5. The SMILES string of the molecule is CCNC(=NCc1nc(C)c(C)s1)N1CCc2ccccc2C1.I. The van der Waals surface area contributed by atoms with Crippen LogP contribution in [-0.2, 0) is 19.5 Å². The molecule has 0 bridgehead atoms. The van der Waals surface area contributed by atoms with E-state index in [1.165, 1.54) is 16.0 Å². The van der Waals surface area contributed by atoms with Gasteiger partial charge < -0.3 is 10.2 Å². The average Bonchev–Trinajstić information content (AvgIpc) is 2.89. The van der Waals surface area contributed by atoms with Gasteiger partial charge in [-0.25, -0.2) is 9.98 Å². The van der Waals surface area contributed by atoms with Crippen molar-refractivity contribution in [2.24, 2.45) is 4.99 Å². The number of nitrogens with one attached hydrogen (secondary N) is 1. The molecule has 0 saturated carbocycles. The van der Waals surface area contributed by atoms with Gasteiger partial charge in [-0.3, -0.25) is 0 Å². The highest BCUT2D eigenvalue weighted by Gasteiger charge is 2.18. The molecule has 24 heavy (non-hydrogen) atoms. The molecule has 0 amide bonds. The summed E-state index contributed by atoms with van der Waals surface area (Å²) in [7, 11) is 0. The molecule has 6 heteroatoms. The van der Waals surface area contributed by atoms with Crippen molar-refractivity contribution in [2.75, 3.05) is 13.1 Å². The number of guanidine groups is 1. The quantitative estimate of drug-likeness (QED) is 0.433. The van der Waals surface area contributed by atoms with Gasteiger partial charge in [-0.1, -0.05) is 24.3 Å². The summed E-state index contributed by atoms with van der Waals surface area (Å²) in [6.07, 6.45) is 1.08. The largest absolute Gasteiger partial charge is 0.356 e. The minimum atomic E-state index is 0. The highest BCUT2D eigenvalue weighted by molar-refractivity contribution is 14.0. The summed E-state index contributed by atoms with van der Waals surface area (Å²) in [4.78, 5) is 13.0. The van der Waals surface area contributed by atoms with Gasteiger partial charge in [0.15, 0.2) is 5.96 Å². The van der Waals surface area contributed by atoms with Gasteiger partial charge in [-0.2, -0.15) is 0 Å². The number of hydrogen-bond acceptors (Lipinski definition) is 3. The molecule has 4 nitrogen and oxygen atoms in total. The first-order valence-corrected chi connectivity index (χ1v) is 9.02. The fourth-order valence-electron chi connectivity index (χ4n) is 2.85. The third-order valence-corrected chi connectivity index (χ3v) is 5.26. The normalized spacial score (nSPS) is 14.1. The first kappa shape index (κ1) is 19.2. The first-order chi connectivity index (χ1) is 11.2. The molecule has 0 fully saturated rings. The molecule has 0 atom stereocenters. The Hall–Kier alpha value is -1.15. The summed E-state index contributed by atoms with van der Waals surface area (Å²) >= 11 is 1.75. The van der Waals surface area contributed by atoms with Crippen LogP contribution >= 0.6 is 35.3 Å². The van der Waals surface area contributed by atoms with Crippen molar-refractivity contribution in [3.05, 3.63) is 51.0 Å². The molecule has 3 rings (SSSR count). The molecule has 0 radical (unpaired) electrons. The second-order valence-electron chi connectivity index (χ2n) is 5.86. The Morgan fingerprint density at radius 3 is 2.71 bits per heavy atom. The van der Waals surface area contributed by atoms with E-state index in [1.807, 2.05) is 0 Å². The van der Waals surface area contributed by atoms with Crippen molar-refractivity contribution in [1.29, 1.82) is 0 Å². The van der Waals surface area contributed by atoms with E-state index in [1.54, 1.807) is 11.3 Å². The molecule has 1 aromatic heterocycles. The van der Waals surface area contributed by atoms with Gasteiger partial charge >= 0.3 is 0 Å². The molecule has 1 aromatic carbocycles. The maximum Gasteiger partial charge on any atom is 0.194 e. The first-order valence-electron chi connectivity index (χ1n) is 8.20. The number of nitrogens with zero attached hydrogens (tertiary/aromatic N) is 3. The van der Waals surface area contributed by atoms with Crippen molar-refractivity contribution in [3.63, 3.8) is 0 Å². The number of halogens is 1. The van der Waals surface area contributed by atoms with Crippen molar-refractivity contribution in [2.45, 2.75) is 40.3 Å². The van der Waals surface area contributed by atoms with Crippen molar-refractivity contribution < 1.29 is 0 Å². The lowest BCUT2D eigenvalue weighted by molar-refractivity contribution is 0.378. The minimum absolute atomic E-state index is 0. The van der Waals surface area contributed by atoms with Gasteiger partial charge in [0.05, 0.1) is 12.2 Å². The highest BCUT2D eigenvalue weighted by Crippen LogP contribution is 2.20. The standard InChI is InChI=1S/C18H24N4S.HI/c1-4-19-18(20-11-17-21-13(2)14(3)23-17)22-10-9-15-7-5-6-8-16(15)12-22;/h5-8H,4,9-12H2,1-3H3,(H,19,20);1H. The van der Waals surface area contributed by atoms with Crippen LogP contribution in [0.1, 0.15) is 33.6 Å². The second kappa shape index (κ2) is 8.80. The van der Waals surface area contributed by atoms with Crippen LogP contribution in [0.4, 0.5) is 0 Å². The van der Waals surface area contributed by atoms with Crippen molar-refractivity contribution in [1.82, 2.24) is 15.2 Å². The lowest BCUT2D eigenvalue weighted by Gasteiger charge is -2.31. The Kier molecular flexibility index (Phi) is 7.03. The van der Waals surface area contributed by atoms with Crippen molar-refractivity contribution in [3.8, 4) is 0 Å². The van der Waals surface area contributed by atoms with Crippen LogP contribution in [0.5, 0.6) is 0 Å². The Balaban J connectivity index is 0.00000208. The molecule has 0 unspecified atom stereocenters. The molecule has 1 aliphatic heterocycles. The van der Waals surface area contributed by atoms with Crippen LogP contribution in [0.3, 0.4) is 0 Å². The maximum absolute atomic E-state index is 4.81. The summed E-state index contributed by atoms with van der Waals surface area (Å²) < 4.78 is 0. The third-order valence-electron chi connectivity index (χ3n) is 4.20. The van der Waals surface area contributed by atoms with Crippen molar-refractivity contribution >= 4 is 41.3 Å². The molecule has 1 N–H and O–H groups in total. The van der Waals surface area contributed by atoms with E-state index in [-0.39, 0.29) is 24.0 Å². The monoisotopic (exact) mass is 456 g/mol. The fourth-order valence-corrected chi connectivity index (χ4v) is 3.71. The Morgan fingerprint density at radius 1 is 1.29 bits per heavy atom. The Labute approximate surface area is 165 Å². The van der Waals surface area contributed by atoms with Crippen LogP contribution in [0.2, 0.25) is 0 Å². The van der Waals surface area contributed by atoms with Crippen LogP contribution < -0.4 is 5.32 Å². The highest BCUT2D eigenvalue weighted by atomic mass is 127. The number of hydrogen-bond donors (Lipinski definition) is 1. The molecule has 2 aromatic rings. The van der Waals surface area contributed by atoms with E-state index in [0.717, 1.165) is 42.7 Å². The summed E-state index contributed by atoms with van der Waals surface area (Å²) in [5, 5.41) is 4.52. The van der Waals surface area contributed by atoms with E-state index >= 15 is 0 Å². The minimum Gasteiger partial charge on any atom is -0.356 e. The summed E-state index contributed by atoms with van der Waals surface area (Å²) in [6, 6.07) is 8.70. The lowest BCUT2D eigenvalue weighted by Crippen LogP contribution is -2.44. The van der Waals surface area contributed by atoms with Gasteiger partial charge in [0, 0.05) is 24.5 Å². The topological polar surface area (TPSA) is 40.5 Å². The predicted molar refractivity (Wildman–Crippen MR) is 112 cm³/mol. The van der Waals surface area contributed by atoms with Gasteiger partial charge in [0.1, 0.15) is 5.01 Å². The smallest absolute Gasteiger partial charge is 0.194 e. The van der Waals surface area contributed by atoms with Gasteiger partial charge in [0.2, 0.25) is 0 Å². The van der Waals surface area contributed by atoms with Gasteiger partial charge in [-0.15, -0.1) is 35.3 Å². The van der Waals surface area contributed by atoms with Gasteiger partial charge in [0.25, 0.3) is 0 Å². The average molecular weight is 456 g/mol. The number of aliphatic imine (C=N–C) groups is 1. The van der Waals surface area contributed by atoms with Crippen LogP contribution in [0, 0.1) is 13.8 Å². The molecule has 1 aliphatic rings. The Bertz CT molecular complexity index is 691. The third kappa shape index (κ3) is 4.47. The number of thiazole rings is 1. The zero-order valence-corrected chi connectivity index (χ0v) is 17.6. The summed E-state index contributed by atoms with van der Waals surface area (Å²) in [6.45, 7) is 9.77. The van der Waals surface area contributed by atoms with E-state index in [2.05, 4.69) is 60.2 Å². The Morgan fingerprint density at radius 2 is 2.04 bits per heavy atom.